The van der Waals surface area contributed by atoms with Gasteiger partial charge < -0.3 is 24.6 Å². The fraction of sp³-hybridized carbons (Fsp3) is 0.500. The second-order valence-electron chi connectivity index (χ2n) is 14.2. The van der Waals surface area contributed by atoms with Crippen LogP contribution in [0, 0.1) is 22.7 Å². The number of aliphatic hydroxyl groups is 2. The van der Waals surface area contributed by atoms with Gasteiger partial charge in [-0.2, -0.15) is 0 Å². The predicted molar refractivity (Wildman–Crippen MR) is 184 cm³/mol. The van der Waals surface area contributed by atoms with Crippen LogP contribution >= 0.6 is 0 Å². The van der Waals surface area contributed by atoms with Crippen LogP contribution in [-0.4, -0.2) is 90.9 Å². The fourth-order valence-corrected chi connectivity index (χ4v) is 8.44. The van der Waals surface area contributed by atoms with Gasteiger partial charge in [-0.05, 0) is 84.9 Å². The van der Waals surface area contributed by atoms with Gasteiger partial charge in [0.15, 0.2) is 5.82 Å². The zero-order valence-corrected chi connectivity index (χ0v) is 28.1. The van der Waals surface area contributed by atoms with Gasteiger partial charge in [-0.1, -0.05) is 44.2 Å². The summed E-state index contributed by atoms with van der Waals surface area (Å²) >= 11 is 0. The van der Waals surface area contributed by atoms with Gasteiger partial charge in [0, 0.05) is 50.5 Å². The number of cyclic esters (lactones) is 1. The fourth-order valence-electron chi connectivity index (χ4n) is 8.44. The quantitative estimate of drug-likeness (QED) is 0.231. The van der Waals surface area contributed by atoms with E-state index in [0.717, 1.165) is 42.8 Å². The Morgan fingerprint density at radius 3 is 2.57 bits per heavy atom. The predicted octanol–water partition coefficient (Wildman–Crippen LogP) is 5.19. The van der Waals surface area contributed by atoms with Crippen molar-refractivity contribution in [3.8, 4) is 0 Å². The lowest BCUT2D eigenvalue weighted by molar-refractivity contribution is -0.161. The molecule has 250 valence electrons. The van der Waals surface area contributed by atoms with E-state index >= 15 is 0 Å². The molecule has 0 bridgehead atoms. The minimum Gasteiger partial charge on any atom is -0.423 e. The number of pyridine rings is 1. The number of rotatable bonds is 8. The Hall–Kier alpha value is -3.63. The Bertz CT molecular complexity index is 1560. The summed E-state index contributed by atoms with van der Waals surface area (Å²) in [5.74, 6) is 0.481. The average Bonchev–Trinajstić information content (AvgIpc) is 3.44. The van der Waals surface area contributed by atoms with E-state index in [1.807, 2.05) is 74.5 Å². The molecule has 4 aliphatic rings. The maximum absolute atomic E-state index is 13.6. The number of benzene rings is 1. The molecule has 3 fully saturated rings. The molecule has 6 atom stereocenters. The van der Waals surface area contributed by atoms with Crippen molar-refractivity contribution in [1.29, 1.82) is 0 Å². The van der Waals surface area contributed by atoms with Crippen LogP contribution in [0.25, 0.3) is 6.08 Å². The summed E-state index contributed by atoms with van der Waals surface area (Å²) in [6.45, 7) is 11.9. The number of hydrogen-bond acceptors (Lipinski definition) is 9. The van der Waals surface area contributed by atoms with Crippen LogP contribution in [0.3, 0.4) is 0 Å². The van der Waals surface area contributed by atoms with E-state index in [9.17, 15) is 15.0 Å². The van der Waals surface area contributed by atoms with E-state index in [1.165, 1.54) is 0 Å². The van der Waals surface area contributed by atoms with E-state index in [-0.39, 0.29) is 29.9 Å². The molecule has 3 unspecified atom stereocenters. The van der Waals surface area contributed by atoms with Crippen molar-refractivity contribution in [3.63, 3.8) is 0 Å². The monoisotopic (exact) mass is 640 g/mol. The number of allylic oxidation sites excluding steroid dienone is 1. The zero-order chi connectivity index (χ0) is 33.3. The van der Waals surface area contributed by atoms with E-state index in [2.05, 4.69) is 16.8 Å². The number of hydrogen-bond donors (Lipinski definition) is 2. The Balaban J connectivity index is 1.41. The van der Waals surface area contributed by atoms with Crippen LogP contribution in [0.4, 0.5) is 11.5 Å². The molecule has 2 aliphatic carbocycles. The first kappa shape index (κ1) is 33.3. The lowest BCUT2D eigenvalue weighted by atomic mass is 9.45. The highest BCUT2D eigenvalue weighted by molar-refractivity contribution is 6.22. The standard InChI is InChI=1S/C38H48N4O5/c1-25-30(37(2)14-13-34(44)38(3,24-43)33(37)23-32(25)42-16-18-46-19-17-42)22-31(40-35-8-6-7-15-39-35)29-21-28(47-36(29)45)20-26-9-11-27(12-10-26)41(4)5/h6-12,15,20-21,30,32-34,43-44H,1,13-14,16-19,22-24H2,2-5H3/b28-20+,40-31?/t30?,32?,33?,34-,37-,38+/m1/s1. The number of aromatic nitrogens is 1. The Labute approximate surface area is 278 Å². The summed E-state index contributed by atoms with van der Waals surface area (Å²) in [4.78, 5) is 27.5. The van der Waals surface area contributed by atoms with Gasteiger partial charge in [-0.3, -0.25) is 4.90 Å². The van der Waals surface area contributed by atoms with Gasteiger partial charge in [0.05, 0.1) is 37.2 Å². The Kier molecular flexibility index (Phi) is 9.54. The summed E-state index contributed by atoms with van der Waals surface area (Å²) in [5, 5.41) is 22.1. The van der Waals surface area contributed by atoms with Crippen molar-refractivity contribution >= 4 is 29.3 Å². The summed E-state index contributed by atoms with van der Waals surface area (Å²) < 4.78 is 11.5. The van der Waals surface area contributed by atoms with Gasteiger partial charge in [0.1, 0.15) is 5.76 Å². The highest BCUT2D eigenvalue weighted by atomic mass is 16.5. The number of aliphatic hydroxyl groups excluding tert-OH is 2. The normalized spacial score (nSPS) is 32.6. The van der Waals surface area contributed by atoms with Crippen LogP contribution in [-0.2, 0) is 14.3 Å². The molecule has 3 heterocycles. The second kappa shape index (κ2) is 13.5. The molecular formula is C38H48N4O5. The number of fused-ring (bicyclic) bond motifs is 1. The molecule has 0 radical (unpaired) electrons. The van der Waals surface area contributed by atoms with E-state index in [1.54, 1.807) is 12.3 Å². The lowest BCUT2D eigenvalue weighted by Gasteiger charge is -2.62. The first-order chi connectivity index (χ1) is 22.5. The molecule has 47 heavy (non-hydrogen) atoms. The molecule has 1 aromatic heterocycles. The highest BCUT2D eigenvalue weighted by Gasteiger charge is 2.60. The van der Waals surface area contributed by atoms with Crippen molar-refractivity contribution in [2.75, 3.05) is 51.9 Å². The summed E-state index contributed by atoms with van der Waals surface area (Å²) in [7, 11) is 3.99. The van der Waals surface area contributed by atoms with E-state index in [0.29, 0.717) is 48.9 Å². The maximum Gasteiger partial charge on any atom is 0.345 e. The number of nitrogens with zero attached hydrogens (tertiary/aromatic N) is 4. The van der Waals surface area contributed by atoms with Crippen LogP contribution < -0.4 is 4.90 Å². The van der Waals surface area contributed by atoms with Crippen LogP contribution in [0.1, 0.15) is 45.1 Å². The molecule has 1 aromatic carbocycles. The molecule has 2 aromatic rings. The summed E-state index contributed by atoms with van der Waals surface area (Å²) in [6, 6.07) is 13.7. The van der Waals surface area contributed by atoms with Gasteiger partial charge in [-0.25, -0.2) is 14.8 Å². The molecule has 0 amide bonds. The minimum absolute atomic E-state index is 0.0216. The van der Waals surface area contributed by atoms with Gasteiger partial charge in [0.2, 0.25) is 0 Å². The first-order valence-electron chi connectivity index (χ1n) is 16.7. The summed E-state index contributed by atoms with van der Waals surface area (Å²) in [6.07, 6.45) is 7.37. The number of anilines is 1. The van der Waals surface area contributed by atoms with Crippen LogP contribution in [0.5, 0.6) is 0 Å². The lowest BCUT2D eigenvalue weighted by Crippen LogP contribution is -2.62. The van der Waals surface area contributed by atoms with Crippen LogP contribution in [0.2, 0.25) is 0 Å². The molecule has 0 spiro atoms. The third kappa shape index (κ3) is 6.46. The Morgan fingerprint density at radius 2 is 1.91 bits per heavy atom. The van der Waals surface area contributed by atoms with Crippen molar-refractivity contribution < 1.29 is 24.5 Å². The van der Waals surface area contributed by atoms with E-state index < -0.39 is 17.5 Å². The third-order valence-corrected chi connectivity index (χ3v) is 11.3. The van der Waals surface area contributed by atoms with Crippen LogP contribution in [0.15, 0.2) is 83.2 Å². The molecule has 9 heteroatoms. The topological polar surface area (TPSA) is 108 Å². The molecule has 9 nitrogen and oxygen atoms in total. The highest BCUT2D eigenvalue weighted by Crippen LogP contribution is 2.62. The molecule has 2 saturated carbocycles. The molecule has 6 rings (SSSR count). The number of aliphatic imine (C=N–C) groups is 1. The molecule has 2 aliphatic heterocycles. The van der Waals surface area contributed by atoms with Crippen molar-refractivity contribution in [2.24, 2.45) is 27.7 Å². The van der Waals surface area contributed by atoms with E-state index in [4.69, 9.17) is 21.0 Å². The first-order valence-corrected chi connectivity index (χ1v) is 16.7. The van der Waals surface area contributed by atoms with Gasteiger partial charge in [0.25, 0.3) is 0 Å². The molecule has 1 saturated heterocycles. The third-order valence-electron chi connectivity index (χ3n) is 11.3. The number of morpholine rings is 1. The summed E-state index contributed by atoms with van der Waals surface area (Å²) in [5.41, 5.74) is 3.17. The number of carbonyl (C=O) groups excluding carboxylic acids is 1. The van der Waals surface area contributed by atoms with Crippen molar-refractivity contribution in [2.45, 2.75) is 51.7 Å². The second-order valence-corrected chi connectivity index (χ2v) is 14.2. The van der Waals surface area contributed by atoms with Gasteiger partial charge >= 0.3 is 5.97 Å². The Morgan fingerprint density at radius 1 is 1.17 bits per heavy atom. The molecule has 2 N–H and O–H groups in total. The number of esters is 1. The van der Waals surface area contributed by atoms with Gasteiger partial charge in [-0.15, -0.1) is 0 Å². The SMILES string of the molecule is C=C1C(N2CCOCC2)CC2[C@](C)(CC[C@@H](O)[C@@]2(C)CO)C1CC(=Nc1ccccn1)C1=C/C(=C\c2ccc(N(C)C)cc2)OC1=O. The smallest absolute Gasteiger partial charge is 0.345 e. The zero-order valence-electron chi connectivity index (χ0n) is 28.1. The average molecular weight is 641 g/mol. The van der Waals surface area contributed by atoms with Crippen molar-refractivity contribution in [3.05, 3.63) is 83.8 Å². The van der Waals surface area contributed by atoms with Crippen molar-refractivity contribution in [1.82, 2.24) is 9.88 Å². The number of carbonyl (C=O) groups is 1. The number of ether oxygens (including phenoxy) is 2. The molecular weight excluding hydrogens is 592 g/mol. The minimum atomic E-state index is -0.668. The maximum atomic E-state index is 13.6. The largest absolute Gasteiger partial charge is 0.423 e.